The van der Waals surface area contributed by atoms with E-state index in [1.807, 2.05) is 47.8 Å². The fraction of sp³-hybridized carbons (Fsp3) is 0.100. The molecule has 0 spiro atoms. The number of thiophene rings is 1. The summed E-state index contributed by atoms with van der Waals surface area (Å²) < 4.78 is 0. The van der Waals surface area contributed by atoms with E-state index in [0.29, 0.717) is 16.5 Å². The molecule has 7 nitrogen and oxygen atoms in total. The van der Waals surface area contributed by atoms with Crippen LogP contribution in [-0.2, 0) is 0 Å². The summed E-state index contributed by atoms with van der Waals surface area (Å²) in [4.78, 5) is 26.1. The molecule has 2 aromatic carbocycles. The molecule has 2 aromatic heterocycles. The van der Waals surface area contributed by atoms with Gasteiger partial charge in [0, 0.05) is 38.4 Å². The second kappa shape index (κ2) is 7.24. The Kier molecular flexibility index (Phi) is 4.62. The van der Waals surface area contributed by atoms with Crippen molar-refractivity contribution in [2.24, 2.45) is 0 Å². The molecule has 0 saturated heterocycles. The third kappa shape index (κ3) is 3.25. The highest BCUT2D eigenvalue weighted by Crippen LogP contribution is 2.41. The number of aromatic amines is 1. The molecule has 4 rings (SSSR count). The first kappa shape index (κ1) is 17.9. The molecule has 0 radical (unpaired) electrons. The number of H-pyrrole nitrogens is 1. The Morgan fingerprint density at radius 1 is 1.00 bits per heavy atom. The Morgan fingerprint density at radius 2 is 1.79 bits per heavy atom. The van der Waals surface area contributed by atoms with Gasteiger partial charge in [-0.2, -0.15) is 0 Å². The third-order valence-corrected chi connectivity index (χ3v) is 5.65. The number of hydrogen-bond donors (Lipinski definition) is 1. The number of nitro groups is 2. The predicted molar refractivity (Wildman–Crippen MR) is 108 cm³/mol. The Morgan fingerprint density at radius 3 is 2.43 bits per heavy atom. The van der Waals surface area contributed by atoms with E-state index in [0.717, 1.165) is 16.1 Å². The summed E-state index contributed by atoms with van der Waals surface area (Å²) in [5, 5.41) is 25.3. The second-order valence-electron chi connectivity index (χ2n) is 6.35. The number of nitro benzene ring substituents is 1. The van der Waals surface area contributed by atoms with Crippen LogP contribution in [0.4, 0.5) is 5.69 Å². The molecule has 0 saturated carbocycles. The number of non-ortho nitro benzene ring substituents is 1. The lowest BCUT2D eigenvalue weighted by Crippen LogP contribution is -2.13. The molecule has 28 heavy (non-hydrogen) atoms. The third-order valence-electron chi connectivity index (χ3n) is 4.66. The van der Waals surface area contributed by atoms with Crippen LogP contribution in [0.15, 0.2) is 66.0 Å². The largest absolute Gasteiger partial charge is 0.354 e. The monoisotopic (exact) mass is 393 g/mol. The maximum atomic E-state index is 11.5. The van der Waals surface area contributed by atoms with E-state index in [4.69, 9.17) is 0 Å². The molecule has 1 unspecified atom stereocenters. The van der Waals surface area contributed by atoms with Crippen molar-refractivity contribution >= 4 is 27.9 Å². The molecular formula is C20H15N3O4S. The van der Waals surface area contributed by atoms with E-state index in [1.165, 1.54) is 23.5 Å². The zero-order valence-corrected chi connectivity index (χ0v) is 15.4. The van der Waals surface area contributed by atoms with Crippen LogP contribution in [0.1, 0.15) is 16.4 Å². The zero-order valence-electron chi connectivity index (χ0n) is 14.6. The van der Waals surface area contributed by atoms with E-state index in [1.54, 1.807) is 6.07 Å². The van der Waals surface area contributed by atoms with Crippen molar-refractivity contribution in [2.45, 2.75) is 5.92 Å². The van der Waals surface area contributed by atoms with Gasteiger partial charge in [-0.3, -0.25) is 20.2 Å². The fourth-order valence-corrected chi connectivity index (χ4v) is 4.30. The van der Waals surface area contributed by atoms with Crippen molar-refractivity contribution in [3.63, 3.8) is 0 Å². The first-order chi connectivity index (χ1) is 13.5. The van der Waals surface area contributed by atoms with Gasteiger partial charge in [0.15, 0.2) is 0 Å². The van der Waals surface area contributed by atoms with E-state index >= 15 is 0 Å². The van der Waals surface area contributed by atoms with Crippen LogP contribution in [0.3, 0.4) is 0 Å². The first-order valence-electron chi connectivity index (χ1n) is 8.55. The predicted octanol–water partition coefficient (Wildman–Crippen LogP) is 5.21. The lowest BCUT2D eigenvalue weighted by atomic mass is 9.92. The highest BCUT2D eigenvalue weighted by Gasteiger charge is 2.29. The molecular weight excluding hydrogens is 378 g/mol. The summed E-state index contributed by atoms with van der Waals surface area (Å²) in [5.41, 5.74) is 3.00. The lowest BCUT2D eigenvalue weighted by molar-refractivity contribution is -0.481. The summed E-state index contributed by atoms with van der Waals surface area (Å²) in [7, 11) is 0. The van der Waals surface area contributed by atoms with Crippen LogP contribution in [-0.4, -0.2) is 21.4 Å². The topological polar surface area (TPSA) is 102 Å². The highest BCUT2D eigenvalue weighted by molar-refractivity contribution is 7.10. The number of hydrogen-bond acceptors (Lipinski definition) is 5. The number of aromatic nitrogens is 1. The average Bonchev–Trinajstić information content (AvgIpc) is 3.34. The first-order valence-corrected chi connectivity index (χ1v) is 9.43. The SMILES string of the molecule is O=[N+]([O-])CC(c1cccs1)c1c(-c2ccccc2)[nH]c2ccc([N+](=O)[O-])cc12. The molecule has 4 aromatic rings. The van der Waals surface area contributed by atoms with Crippen molar-refractivity contribution in [2.75, 3.05) is 6.54 Å². The number of nitrogens with one attached hydrogen (secondary N) is 1. The number of fused-ring (bicyclic) bond motifs is 1. The van der Waals surface area contributed by atoms with Crippen LogP contribution in [0.5, 0.6) is 0 Å². The van der Waals surface area contributed by atoms with E-state index < -0.39 is 10.8 Å². The number of benzene rings is 2. The maximum absolute atomic E-state index is 11.5. The van der Waals surface area contributed by atoms with Gasteiger partial charge < -0.3 is 4.98 Å². The maximum Gasteiger partial charge on any atom is 0.270 e. The average molecular weight is 393 g/mol. The molecule has 140 valence electrons. The van der Waals surface area contributed by atoms with Gasteiger partial charge in [-0.05, 0) is 23.1 Å². The Balaban J connectivity index is 2.03. The van der Waals surface area contributed by atoms with Gasteiger partial charge in [0.1, 0.15) is 0 Å². The van der Waals surface area contributed by atoms with Crippen molar-refractivity contribution in [3.8, 4) is 11.3 Å². The Bertz CT molecular complexity index is 1150. The van der Waals surface area contributed by atoms with Gasteiger partial charge >= 0.3 is 0 Å². The Labute approximate surface area is 163 Å². The highest BCUT2D eigenvalue weighted by atomic mass is 32.1. The van der Waals surface area contributed by atoms with Gasteiger partial charge in [-0.25, -0.2) is 0 Å². The quantitative estimate of drug-likeness (QED) is 0.359. The summed E-state index contributed by atoms with van der Waals surface area (Å²) in [6, 6.07) is 17.8. The lowest BCUT2D eigenvalue weighted by Gasteiger charge is -2.14. The normalized spacial score (nSPS) is 12.1. The van der Waals surface area contributed by atoms with Crippen LogP contribution in [0.2, 0.25) is 0 Å². The standard InChI is InChI=1S/C20H15N3O4S/c24-22(25)12-16(18-7-4-10-28-18)19-15-11-14(23(26)27)8-9-17(15)21-20(19)13-5-2-1-3-6-13/h1-11,16,21H,12H2. The smallest absolute Gasteiger partial charge is 0.270 e. The summed E-state index contributed by atoms with van der Waals surface area (Å²) in [6.07, 6.45) is 0. The van der Waals surface area contributed by atoms with Crippen LogP contribution < -0.4 is 0 Å². The minimum Gasteiger partial charge on any atom is -0.354 e. The minimum atomic E-state index is -0.513. The molecule has 0 fully saturated rings. The summed E-state index contributed by atoms with van der Waals surface area (Å²) >= 11 is 1.44. The summed E-state index contributed by atoms with van der Waals surface area (Å²) in [5.74, 6) is -0.513. The molecule has 0 amide bonds. The molecule has 2 heterocycles. The van der Waals surface area contributed by atoms with Gasteiger partial charge in [0.25, 0.3) is 5.69 Å². The van der Waals surface area contributed by atoms with Gasteiger partial charge in [0.2, 0.25) is 6.54 Å². The van der Waals surface area contributed by atoms with Gasteiger partial charge in [-0.1, -0.05) is 36.4 Å². The van der Waals surface area contributed by atoms with Crippen molar-refractivity contribution < 1.29 is 9.85 Å². The molecule has 0 bridgehead atoms. The molecule has 0 aliphatic carbocycles. The minimum absolute atomic E-state index is 0.0432. The second-order valence-corrected chi connectivity index (χ2v) is 7.33. The van der Waals surface area contributed by atoms with E-state index in [2.05, 4.69) is 4.98 Å². The molecule has 8 heteroatoms. The van der Waals surface area contributed by atoms with Crippen molar-refractivity contribution in [1.82, 2.24) is 4.98 Å². The number of nitrogens with zero attached hydrogens (tertiary/aromatic N) is 2. The summed E-state index contributed by atoms with van der Waals surface area (Å²) in [6.45, 7) is -0.296. The molecule has 1 atom stereocenters. The van der Waals surface area contributed by atoms with E-state index in [-0.39, 0.29) is 17.2 Å². The Hall–Kier alpha value is -3.52. The fourth-order valence-electron chi connectivity index (χ4n) is 3.47. The number of rotatable bonds is 6. The molecule has 0 aliphatic heterocycles. The van der Waals surface area contributed by atoms with Gasteiger partial charge in [0.05, 0.1) is 16.5 Å². The van der Waals surface area contributed by atoms with E-state index in [9.17, 15) is 20.2 Å². The zero-order chi connectivity index (χ0) is 19.7. The van der Waals surface area contributed by atoms with Gasteiger partial charge in [-0.15, -0.1) is 11.3 Å². The molecule has 1 N–H and O–H groups in total. The van der Waals surface area contributed by atoms with Crippen LogP contribution >= 0.6 is 11.3 Å². The van der Waals surface area contributed by atoms with Crippen molar-refractivity contribution in [1.29, 1.82) is 0 Å². The van der Waals surface area contributed by atoms with Crippen LogP contribution in [0, 0.1) is 20.2 Å². The molecule has 0 aliphatic rings. The van der Waals surface area contributed by atoms with Crippen LogP contribution in [0.25, 0.3) is 22.2 Å². The van der Waals surface area contributed by atoms with Crippen molar-refractivity contribution in [3.05, 3.63) is 96.7 Å².